The molecule has 8 heteroatoms. The molecule has 0 saturated carbocycles. The largest absolute Gasteiger partial charge is 0.481 e. The first-order valence-electron chi connectivity index (χ1n) is 9.14. The lowest BCUT2D eigenvalue weighted by Gasteiger charge is -2.23. The highest BCUT2D eigenvalue weighted by Crippen LogP contribution is 2.33. The minimum atomic E-state index is -0.858. The predicted molar refractivity (Wildman–Crippen MR) is 117 cm³/mol. The van der Waals surface area contributed by atoms with Crippen LogP contribution >= 0.6 is 27.7 Å². The number of hydrogen-bond acceptors (Lipinski definition) is 5. The average Bonchev–Trinajstić information content (AvgIpc) is 3.04. The van der Waals surface area contributed by atoms with Gasteiger partial charge in [0, 0.05) is 16.5 Å². The molecule has 0 spiro atoms. The van der Waals surface area contributed by atoms with Crippen molar-refractivity contribution in [3.8, 4) is 0 Å². The Morgan fingerprint density at radius 2 is 1.93 bits per heavy atom. The summed E-state index contributed by atoms with van der Waals surface area (Å²) in [5, 5.41) is 23.1. The quantitative estimate of drug-likeness (QED) is 0.595. The third kappa shape index (κ3) is 4.28. The van der Waals surface area contributed by atoms with Crippen molar-refractivity contribution >= 4 is 39.4 Å². The van der Waals surface area contributed by atoms with Crippen molar-refractivity contribution in [2.45, 2.75) is 37.1 Å². The van der Waals surface area contributed by atoms with Crippen LogP contribution < -0.4 is 0 Å². The van der Waals surface area contributed by atoms with Gasteiger partial charge in [0.15, 0.2) is 5.82 Å². The van der Waals surface area contributed by atoms with E-state index < -0.39 is 5.97 Å². The third-order valence-electron chi connectivity index (χ3n) is 4.73. The molecule has 0 fully saturated rings. The summed E-state index contributed by atoms with van der Waals surface area (Å²) >= 11 is 4.85. The summed E-state index contributed by atoms with van der Waals surface area (Å²) in [6, 6.07) is 14.2. The molecule has 4 rings (SSSR count). The number of rotatable bonds is 5. The number of aryl methyl sites for hydroxylation is 2. The molecule has 0 saturated heterocycles. The van der Waals surface area contributed by atoms with Gasteiger partial charge in [-0.25, -0.2) is 0 Å². The highest BCUT2D eigenvalue weighted by atomic mass is 79.9. The van der Waals surface area contributed by atoms with E-state index in [1.54, 1.807) is 4.68 Å². The molecule has 0 bridgehead atoms. The summed E-state index contributed by atoms with van der Waals surface area (Å²) in [5.41, 5.74) is 5.05. The second-order valence-corrected chi connectivity index (χ2v) is 9.11. The van der Waals surface area contributed by atoms with Crippen LogP contribution in [0.4, 0.5) is 0 Å². The highest BCUT2D eigenvalue weighted by Gasteiger charge is 2.31. The topological polar surface area (TPSA) is 80.4 Å². The van der Waals surface area contributed by atoms with Gasteiger partial charge in [0.05, 0.1) is 17.4 Å². The first-order valence-corrected chi connectivity index (χ1v) is 10.8. The molecule has 1 N–H and O–H groups in total. The van der Waals surface area contributed by atoms with Crippen LogP contribution in [0.15, 0.2) is 57.2 Å². The van der Waals surface area contributed by atoms with Gasteiger partial charge in [-0.1, -0.05) is 63.6 Å². The zero-order chi connectivity index (χ0) is 20.5. The van der Waals surface area contributed by atoms with Crippen LogP contribution in [0.25, 0.3) is 0 Å². The number of thioether (sulfide) groups is 1. The Balaban J connectivity index is 1.76. The molecule has 2 heterocycles. The predicted octanol–water partition coefficient (Wildman–Crippen LogP) is 4.45. The van der Waals surface area contributed by atoms with Crippen molar-refractivity contribution in [1.82, 2.24) is 14.9 Å². The monoisotopic (exact) mass is 470 g/mol. The Kier molecular flexibility index (Phi) is 5.56. The zero-order valence-corrected chi connectivity index (χ0v) is 18.4. The lowest BCUT2D eigenvalue weighted by atomic mass is 9.98. The Morgan fingerprint density at radius 1 is 1.17 bits per heavy atom. The van der Waals surface area contributed by atoms with E-state index in [0.29, 0.717) is 11.6 Å². The lowest BCUT2D eigenvalue weighted by Crippen LogP contribution is -2.28. The van der Waals surface area contributed by atoms with Crippen LogP contribution in [0.3, 0.4) is 0 Å². The van der Waals surface area contributed by atoms with Crippen molar-refractivity contribution in [3.63, 3.8) is 0 Å². The number of aromatic nitrogens is 3. The summed E-state index contributed by atoms with van der Waals surface area (Å²) in [4.78, 5) is 11.5. The van der Waals surface area contributed by atoms with Crippen molar-refractivity contribution in [3.05, 3.63) is 75.0 Å². The maximum absolute atomic E-state index is 11.5. The highest BCUT2D eigenvalue weighted by molar-refractivity contribution is 9.10. The Labute approximate surface area is 181 Å². The van der Waals surface area contributed by atoms with E-state index >= 15 is 0 Å². The lowest BCUT2D eigenvalue weighted by molar-refractivity contribution is -0.136. The fraction of sp³-hybridized carbons (Fsp3) is 0.238. The summed E-state index contributed by atoms with van der Waals surface area (Å²) in [5.74, 6) is -0.131. The van der Waals surface area contributed by atoms with Crippen molar-refractivity contribution < 1.29 is 9.90 Å². The van der Waals surface area contributed by atoms with Crippen LogP contribution in [0.2, 0.25) is 0 Å². The average molecular weight is 471 g/mol. The molecule has 1 unspecified atom stereocenters. The Hall–Kier alpha value is -2.45. The van der Waals surface area contributed by atoms with Gasteiger partial charge in [-0.2, -0.15) is 9.78 Å². The minimum Gasteiger partial charge on any atom is -0.481 e. The first kappa shape index (κ1) is 19.8. The molecule has 0 radical (unpaired) electrons. The minimum absolute atomic E-state index is 0.0221. The normalized spacial score (nSPS) is 15.7. The second kappa shape index (κ2) is 8.12. The summed E-state index contributed by atoms with van der Waals surface area (Å²) in [6.07, 6.45) is 0.569. The molecule has 2 aromatic carbocycles. The fourth-order valence-electron chi connectivity index (χ4n) is 3.35. The summed E-state index contributed by atoms with van der Waals surface area (Å²) in [7, 11) is 0. The Bertz CT molecular complexity index is 1110. The number of halogens is 1. The molecular formula is C21H19BrN4O2S. The fourth-order valence-corrected chi connectivity index (χ4v) is 4.71. The zero-order valence-electron chi connectivity index (χ0n) is 16.0. The van der Waals surface area contributed by atoms with Gasteiger partial charge in [-0.3, -0.25) is 4.79 Å². The van der Waals surface area contributed by atoms with Gasteiger partial charge in [0.1, 0.15) is 0 Å². The van der Waals surface area contributed by atoms with Crippen molar-refractivity contribution in [2.75, 3.05) is 0 Å². The van der Waals surface area contributed by atoms with Gasteiger partial charge in [-0.05, 0) is 37.1 Å². The third-order valence-corrected chi connectivity index (χ3v) is 6.40. The molecule has 1 aliphatic rings. The molecule has 1 aliphatic heterocycles. The molecule has 0 amide bonds. The number of carbonyl (C=O) groups is 1. The van der Waals surface area contributed by atoms with Crippen LogP contribution in [-0.2, 0) is 11.2 Å². The van der Waals surface area contributed by atoms with E-state index in [9.17, 15) is 9.90 Å². The molecule has 148 valence electrons. The Morgan fingerprint density at radius 3 is 2.62 bits per heavy atom. The van der Waals surface area contributed by atoms with Gasteiger partial charge < -0.3 is 5.11 Å². The summed E-state index contributed by atoms with van der Waals surface area (Å²) < 4.78 is 2.77. The summed E-state index contributed by atoms with van der Waals surface area (Å²) in [6.45, 7) is 4.06. The van der Waals surface area contributed by atoms with Crippen LogP contribution in [0, 0.1) is 13.8 Å². The van der Waals surface area contributed by atoms with E-state index in [1.165, 1.54) is 11.8 Å². The molecule has 0 aliphatic carbocycles. The standard InChI is InChI=1S/C21H19BrN4O2S/c1-12-3-8-16(13(2)9-12)20-17(11-19(27)28)29-21-24-23-18(26(21)25-20)10-14-4-6-15(22)7-5-14/h3-9,17H,10-11H2,1-2H3,(H,27,28). The number of benzene rings is 2. The maximum atomic E-state index is 11.5. The molecular weight excluding hydrogens is 452 g/mol. The number of carboxylic acid groups (broad SMARTS) is 1. The van der Waals surface area contributed by atoms with Gasteiger partial charge in [-0.15, -0.1) is 10.2 Å². The molecule has 1 aromatic heterocycles. The van der Waals surface area contributed by atoms with Crippen LogP contribution in [0.1, 0.15) is 34.5 Å². The van der Waals surface area contributed by atoms with Crippen molar-refractivity contribution in [2.24, 2.45) is 5.10 Å². The SMILES string of the molecule is Cc1ccc(C2=Nn3c(Cc4ccc(Br)cc4)nnc3SC2CC(=O)O)c(C)c1. The first-order chi connectivity index (χ1) is 13.9. The van der Waals surface area contributed by atoms with Crippen LogP contribution in [-0.4, -0.2) is 36.9 Å². The molecule has 6 nitrogen and oxygen atoms in total. The van der Waals surface area contributed by atoms with E-state index in [4.69, 9.17) is 5.10 Å². The van der Waals surface area contributed by atoms with E-state index in [1.807, 2.05) is 50.2 Å². The van der Waals surface area contributed by atoms with Gasteiger partial charge in [0.2, 0.25) is 5.16 Å². The second-order valence-electron chi connectivity index (χ2n) is 7.02. The number of fused-ring (bicyclic) bond motifs is 1. The number of aliphatic carboxylic acids is 1. The van der Waals surface area contributed by atoms with Gasteiger partial charge in [0.25, 0.3) is 0 Å². The maximum Gasteiger partial charge on any atom is 0.304 e. The van der Waals surface area contributed by atoms with Crippen molar-refractivity contribution in [1.29, 1.82) is 0 Å². The number of nitrogens with zero attached hydrogens (tertiary/aromatic N) is 4. The smallest absolute Gasteiger partial charge is 0.304 e. The molecule has 1 atom stereocenters. The van der Waals surface area contributed by atoms with E-state index in [2.05, 4.69) is 32.2 Å². The molecule has 3 aromatic rings. The molecule has 29 heavy (non-hydrogen) atoms. The van der Waals surface area contributed by atoms with E-state index in [0.717, 1.165) is 38.3 Å². The van der Waals surface area contributed by atoms with E-state index in [-0.39, 0.29) is 11.7 Å². The van der Waals surface area contributed by atoms with Gasteiger partial charge >= 0.3 is 5.97 Å². The number of hydrogen-bond donors (Lipinski definition) is 1. The number of carboxylic acids is 1. The van der Waals surface area contributed by atoms with Crippen LogP contribution in [0.5, 0.6) is 0 Å².